The van der Waals surface area contributed by atoms with Gasteiger partial charge in [-0.1, -0.05) is 36.4 Å². The van der Waals surface area contributed by atoms with Crippen LogP contribution in [-0.2, 0) is 11.3 Å². The number of pyridine rings is 1. The van der Waals surface area contributed by atoms with Gasteiger partial charge < -0.3 is 10.2 Å². The van der Waals surface area contributed by atoms with Crippen LogP contribution >= 0.6 is 15.9 Å². The fourth-order valence-electron chi connectivity index (χ4n) is 5.15. The van der Waals surface area contributed by atoms with Crippen molar-refractivity contribution in [3.05, 3.63) is 88.4 Å². The Morgan fingerprint density at radius 3 is 2.69 bits per heavy atom. The predicted molar refractivity (Wildman–Crippen MR) is 138 cm³/mol. The van der Waals surface area contributed by atoms with Gasteiger partial charge in [-0.2, -0.15) is 9.61 Å². The molecule has 7 nitrogen and oxygen atoms in total. The van der Waals surface area contributed by atoms with Gasteiger partial charge in [0.15, 0.2) is 5.65 Å². The Bertz CT molecular complexity index is 1330. The van der Waals surface area contributed by atoms with E-state index in [0.717, 1.165) is 59.5 Å². The lowest BCUT2D eigenvalue weighted by molar-refractivity contribution is -0.133. The average molecular weight is 531 g/mol. The van der Waals surface area contributed by atoms with Gasteiger partial charge in [-0.05, 0) is 58.3 Å². The molecule has 2 atom stereocenters. The standard InChI is InChI=1S/C27H27BrN6O/c28-23-17-31-34-25(30-16-18-5-4-10-29-15-18)14-24(32-26(23)34)20-8-11-33(12-9-20)27(35)22-13-21(22)19-6-2-1-3-7-19/h1-7,10,14-15,17,20-22,30H,8-9,11-13,16H2. The first kappa shape index (κ1) is 22.2. The monoisotopic (exact) mass is 530 g/mol. The second kappa shape index (κ2) is 9.41. The first-order valence-electron chi connectivity index (χ1n) is 12.2. The molecule has 1 amide bonds. The van der Waals surface area contributed by atoms with Crippen LogP contribution in [-0.4, -0.2) is 43.5 Å². The van der Waals surface area contributed by atoms with E-state index >= 15 is 0 Å². The summed E-state index contributed by atoms with van der Waals surface area (Å²) in [7, 11) is 0. The molecule has 1 N–H and O–H groups in total. The Hall–Kier alpha value is -3.26. The van der Waals surface area contributed by atoms with Gasteiger partial charge in [-0.25, -0.2) is 4.98 Å². The summed E-state index contributed by atoms with van der Waals surface area (Å²) in [5.41, 5.74) is 4.24. The fourth-order valence-corrected chi connectivity index (χ4v) is 5.50. The SMILES string of the molecule is O=C(C1CC1c1ccccc1)N1CCC(c2cc(NCc3cccnc3)n3ncc(Br)c3n2)CC1. The lowest BCUT2D eigenvalue weighted by Crippen LogP contribution is -2.39. The average Bonchev–Trinajstić information content (AvgIpc) is 3.64. The Balaban J connectivity index is 1.14. The summed E-state index contributed by atoms with van der Waals surface area (Å²) >= 11 is 3.60. The van der Waals surface area contributed by atoms with Gasteiger partial charge in [0.05, 0.1) is 10.7 Å². The quantitative estimate of drug-likeness (QED) is 0.379. The van der Waals surface area contributed by atoms with Crippen molar-refractivity contribution in [1.82, 2.24) is 24.5 Å². The number of rotatable bonds is 6. The Labute approximate surface area is 212 Å². The van der Waals surface area contributed by atoms with Crippen LogP contribution < -0.4 is 5.32 Å². The molecule has 1 aromatic carbocycles. The number of fused-ring (bicyclic) bond motifs is 1. The second-order valence-corrected chi connectivity index (χ2v) is 10.3. The maximum atomic E-state index is 13.1. The van der Waals surface area contributed by atoms with Gasteiger partial charge in [0.25, 0.3) is 0 Å². The summed E-state index contributed by atoms with van der Waals surface area (Å²) < 4.78 is 2.71. The molecule has 1 aliphatic heterocycles. The number of amides is 1. The molecule has 6 rings (SSSR count). The highest BCUT2D eigenvalue weighted by Gasteiger charge is 2.46. The van der Waals surface area contributed by atoms with E-state index in [1.807, 2.05) is 28.9 Å². The summed E-state index contributed by atoms with van der Waals surface area (Å²) in [6.07, 6.45) is 8.24. The van der Waals surface area contributed by atoms with Crippen LogP contribution in [0.5, 0.6) is 0 Å². The molecule has 1 aliphatic carbocycles. The zero-order valence-corrected chi connectivity index (χ0v) is 20.9. The van der Waals surface area contributed by atoms with Crippen LogP contribution in [0.4, 0.5) is 5.82 Å². The van der Waals surface area contributed by atoms with Crippen LogP contribution in [0.3, 0.4) is 0 Å². The highest BCUT2D eigenvalue weighted by molar-refractivity contribution is 9.10. The normalized spacial score (nSPS) is 20.2. The van der Waals surface area contributed by atoms with Crippen LogP contribution in [0.2, 0.25) is 0 Å². The number of piperidine rings is 1. The molecule has 1 saturated heterocycles. The number of likely N-dealkylation sites (tertiary alicyclic amines) is 1. The molecule has 0 spiro atoms. The van der Waals surface area contributed by atoms with Crippen LogP contribution in [0, 0.1) is 5.92 Å². The topological polar surface area (TPSA) is 75.4 Å². The molecule has 2 fully saturated rings. The predicted octanol–water partition coefficient (Wildman–Crippen LogP) is 5.01. The van der Waals surface area contributed by atoms with E-state index in [4.69, 9.17) is 4.98 Å². The number of carbonyl (C=O) groups is 1. The Morgan fingerprint density at radius 2 is 1.91 bits per heavy atom. The number of hydrogen-bond donors (Lipinski definition) is 1. The molecule has 2 unspecified atom stereocenters. The van der Waals surface area contributed by atoms with E-state index in [1.54, 1.807) is 12.4 Å². The number of carbonyl (C=O) groups excluding carboxylic acids is 1. The molecule has 3 aromatic heterocycles. The lowest BCUT2D eigenvalue weighted by atomic mass is 9.92. The third-order valence-electron chi connectivity index (χ3n) is 7.21. The largest absolute Gasteiger partial charge is 0.366 e. The summed E-state index contributed by atoms with van der Waals surface area (Å²) in [5.74, 6) is 2.07. The van der Waals surface area contributed by atoms with Crippen LogP contribution in [0.15, 0.2) is 71.6 Å². The first-order valence-corrected chi connectivity index (χ1v) is 13.0. The minimum Gasteiger partial charge on any atom is -0.366 e. The van der Waals surface area contributed by atoms with Crippen molar-refractivity contribution in [3.63, 3.8) is 0 Å². The molecule has 4 aromatic rings. The Morgan fingerprint density at radius 1 is 1.09 bits per heavy atom. The van der Waals surface area contributed by atoms with E-state index in [0.29, 0.717) is 24.3 Å². The van der Waals surface area contributed by atoms with Crippen molar-refractivity contribution in [2.45, 2.75) is 37.6 Å². The minimum absolute atomic E-state index is 0.148. The lowest BCUT2D eigenvalue weighted by Gasteiger charge is -2.32. The smallest absolute Gasteiger partial charge is 0.226 e. The molecule has 1 saturated carbocycles. The third kappa shape index (κ3) is 4.55. The number of hydrogen-bond acceptors (Lipinski definition) is 5. The van der Waals surface area contributed by atoms with Crippen molar-refractivity contribution in [2.24, 2.45) is 5.92 Å². The molecule has 178 valence electrons. The van der Waals surface area contributed by atoms with Gasteiger partial charge >= 0.3 is 0 Å². The molecule has 4 heterocycles. The number of aromatic nitrogens is 4. The first-order chi connectivity index (χ1) is 17.2. The van der Waals surface area contributed by atoms with Crippen LogP contribution in [0.25, 0.3) is 5.65 Å². The highest BCUT2D eigenvalue weighted by atomic mass is 79.9. The van der Waals surface area contributed by atoms with Gasteiger partial charge in [0.2, 0.25) is 5.91 Å². The zero-order chi connectivity index (χ0) is 23.8. The van der Waals surface area contributed by atoms with E-state index in [1.165, 1.54) is 5.56 Å². The Kier molecular flexibility index (Phi) is 5.98. The third-order valence-corrected chi connectivity index (χ3v) is 7.76. The molecule has 0 bridgehead atoms. The summed E-state index contributed by atoms with van der Waals surface area (Å²) in [4.78, 5) is 24.3. The van der Waals surface area contributed by atoms with Gasteiger partial charge in [-0.15, -0.1) is 0 Å². The van der Waals surface area contributed by atoms with Gasteiger partial charge in [0.1, 0.15) is 5.82 Å². The van der Waals surface area contributed by atoms with Crippen molar-refractivity contribution in [3.8, 4) is 0 Å². The maximum absolute atomic E-state index is 13.1. The number of anilines is 1. The minimum atomic E-state index is 0.148. The fraction of sp³-hybridized carbons (Fsp3) is 0.333. The van der Waals surface area contributed by atoms with E-state index in [-0.39, 0.29) is 5.92 Å². The number of benzene rings is 1. The summed E-state index contributed by atoms with van der Waals surface area (Å²) in [5, 5.41) is 7.99. The molecule has 0 radical (unpaired) electrons. The molecule has 2 aliphatic rings. The second-order valence-electron chi connectivity index (χ2n) is 9.47. The van der Waals surface area contributed by atoms with E-state index < -0.39 is 0 Å². The van der Waals surface area contributed by atoms with Crippen molar-refractivity contribution in [2.75, 3.05) is 18.4 Å². The number of nitrogens with zero attached hydrogens (tertiary/aromatic N) is 5. The van der Waals surface area contributed by atoms with E-state index in [2.05, 4.69) is 66.6 Å². The van der Waals surface area contributed by atoms with Gasteiger partial charge in [-0.3, -0.25) is 9.78 Å². The molecule has 35 heavy (non-hydrogen) atoms. The van der Waals surface area contributed by atoms with E-state index in [9.17, 15) is 4.79 Å². The van der Waals surface area contributed by atoms with Crippen molar-refractivity contribution >= 4 is 33.3 Å². The zero-order valence-electron chi connectivity index (χ0n) is 19.3. The number of halogens is 1. The summed E-state index contributed by atoms with van der Waals surface area (Å²) in [6.45, 7) is 2.22. The van der Waals surface area contributed by atoms with Crippen molar-refractivity contribution < 1.29 is 4.79 Å². The highest BCUT2D eigenvalue weighted by Crippen LogP contribution is 2.48. The maximum Gasteiger partial charge on any atom is 0.226 e. The van der Waals surface area contributed by atoms with Crippen molar-refractivity contribution in [1.29, 1.82) is 0 Å². The molecular weight excluding hydrogens is 504 g/mol. The van der Waals surface area contributed by atoms with Gasteiger partial charge in [0, 0.05) is 55.6 Å². The molecule has 8 heteroatoms. The number of nitrogens with one attached hydrogen (secondary N) is 1. The molecular formula is C27H27BrN6O. The van der Waals surface area contributed by atoms with Crippen LogP contribution in [0.1, 0.15) is 47.9 Å². The summed E-state index contributed by atoms with van der Waals surface area (Å²) in [6, 6.07) is 16.5.